The molecule has 0 aliphatic heterocycles. The van der Waals surface area contributed by atoms with Gasteiger partial charge in [-0.2, -0.15) is 0 Å². The fourth-order valence-corrected chi connectivity index (χ4v) is 2.79. The molecule has 0 bridgehead atoms. The summed E-state index contributed by atoms with van der Waals surface area (Å²) < 4.78 is 5.05. The van der Waals surface area contributed by atoms with E-state index in [9.17, 15) is 14.4 Å². The summed E-state index contributed by atoms with van der Waals surface area (Å²) in [5.41, 5.74) is 5.14. The van der Waals surface area contributed by atoms with Crippen molar-refractivity contribution in [2.45, 2.75) is 32.4 Å². The maximum Gasteiger partial charge on any atom is 0.245 e. The van der Waals surface area contributed by atoms with Gasteiger partial charge in [-0.25, -0.2) is 0 Å². The Morgan fingerprint density at radius 2 is 2.17 bits per heavy atom. The van der Waals surface area contributed by atoms with Crippen LogP contribution in [0.5, 0.6) is 0 Å². The van der Waals surface area contributed by atoms with Gasteiger partial charge in [-0.15, -0.1) is 11.3 Å². The first-order chi connectivity index (χ1) is 10.9. The van der Waals surface area contributed by atoms with Gasteiger partial charge in [0.05, 0.1) is 13.2 Å². The third-order valence-corrected chi connectivity index (χ3v) is 4.02. The molecule has 1 aromatic heterocycles. The fraction of sp³-hybridized carbons (Fsp3) is 0.533. The van der Waals surface area contributed by atoms with E-state index in [1.54, 1.807) is 23.3 Å². The third kappa shape index (κ3) is 7.25. The van der Waals surface area contributed by atoms with Crippen molar-refractivity contribution in [3.8, 4) is 0 Å². The molecule has 1 aromatic rings. The van der Waals surface area contributed by atoms with Gasteiger partial charge in [-0.1, -0.05) is 6.07 Å². The van der Waals surface area contributed by atoms with E-state index in [1.165, 1.54) is 6.92 Å². The smallest absolute Gasteiger partial charge is 0.245 e. The number of methoxy groups -OCH3 is 1. The first-order valence-electron chi connectivity index (χ1n) is 7.29. The fourth-order valence-electron chi connectivity index (χ4n) is 2.07. The molecule has 1 rings (SSSR count). The van der Waals surface area contributed by atoms with E-state index in [0.29, 0.717) is 19.7 Å². The molecule has 1 atom stereocenters. The lowest BCUT2D eigenvalue weighted by molar-refractivity contribution is -0.137. The average molecular weight is 341 g/mol. The van der Waals surface area contributed by atoms with Crippen LogP contribution in [0.25, 0.3) is 0 Å². The number of carbonyl (C=O) groups excluding carboxylic acids is 3. The van der Waals surface area contributed by atoms with Crippen LogP contribution in [0, 0.1) is 0 Å². The molecular weight excluding hydrogens is 318 g/mol. The van der Waals surface area contributed by atoms with Gasteiger partial charge in [0.25, 0.3) is 0 Å². The van der Waals surface area contributed by atoms with Crippen molar-refractivity contribution in [2.75, 3.05) is 20.3 Å². The molecule has 3 N–H and O–H groups in total. The summed E-state index contributed by atoms with van der Waals surface area (Å²) in [5.74, 6) is -1.07. The summed E-state index contributed by atoms with van der Waals surface area (Å²) in [5, 5.41) is 4.53. The monoisotopic (exact) mass is 341 g/mol. The van der Waals surface area contributed by atoms with Gasteiger partial charge in [0.2, 0.25) is 17.7 Å². The molecule has 0 saturated carbocycles. The highest BCUT2D eigenvalue weighted by molar-refractivity contribution is 7.09. The lowest BCUT2D eigenvalue weighted by Gasteiger charge is -2.27. The molecule has 0 spiro atoms. The van der Waals surface area contributed by atoms with Gasteiger partial charge in [-0.3, -0.25) is 14.4 Å². The highest BCUT2D eigenvalue weighted by Gasteiger charge is 2.25. The molecular formula is C15H23N3O4S. The van der Waals surface area contributed by atoms with Gasteiger partial charge >= 0.3 is 0 Å². The van der Waals surface area contributed by atoms with Crippen LogP contribution in [0.4, 0.5) is 0 Å². The van der Waals surface area contributed by atoms with Gasteiger partial charge in [0, 0.05) is 31.9 Å². The molecule has 0 unspecified atom stereocenters. The normalized spacial score (nSPS) is 11.7. The van der Waals surface area contributed by atoms with Crippen molar-refractivity contribution in [1.82, 2.24) is 10.2 Å². The minimum atomic E-state index is -0.767. The lowest BCUT2D eigenvalue weighted by Crippen LogP contribution is -2.48. The topological polar surface area (TPSA) is 102 Å². The second-order valence-electron chi connectivity index (χ2n) is 5.09. The minimum absolute atomic E-state index is 0.0355. The number of thiophene rings is 1. The Morgan fingerprint density at radius 1 is 1.43 bits per heavy atom. The first kappa shape index (κ1) is 19.1. The SMILES string of the molecule is COCCN(Cc1cccs1)C(=O)[C@H](CCC(N)=O)NC(C)=O. The Labute approximate surface area is 139 Å². The molecule has 7 nitrogen and oxygen atoms in total. The van der Waals surface area contributed by atoms with Crippen molar-refractivity contribution in [1.29, 1.82) is 0 Å². The number of rotatable bonds is 10. The van der Waals surface area contributed by atoms with Crippen LogP contribution in [0.1, 0.15) is 24.6 Å². The predicted octanol–water partition coefficient (Wildman–Crippen LogP) is 0.493. The predicted molar refractivity (Wildman–Crippen MR) is 87.6 cm³/mol. The van der Waals surface area contributed by atoms with Gasteiger partial charge < -0.3 is 20.7 Å². The molecule has 23 heavy (non-hydrogen) atoms. The molecule has 0 radical (unpaired) electrons. The Balaban J connectivity index is 2.82. The van der Waals surface area contributed by atoms with Gasteiger partial charge in [0.1, 0.15) is 6.04 Å². The van der Waals surface area contributed by atoms with Crippen LogP contribution in [-0.4, -0.2) is 48.9 Å². The second-order valence-corrected chi connectivity index (χ2v) is 6.12. The van der Waals surface area contributed by atoms with Crippen molar-refractivity contribution in [2.24, 2.45) is 5.73 Å². The summed E-state index contributed by atoms with van der Waals surface area (Å²) in [7, 11) is 1.56. The molecule has 0 aliphatic carbocycles. The first-order valence-corrected chi connectivity index (χ1v) is 8.17. The van der Waals surface area contributed by atoms with Crippen molar-refractivity contribution >= 4 is 29.1 Å². The largest absolute Gasteiger partial charge is 0.383 e. The standard InChI is InChI=1S/C15H23N3O4S/c1-11(19)17-13(5-6-14(16)20)15(21)18(7-8-22-2)10-12-4-3-9-23-12/h3-4,9,13H,5-8,10H2,1-2H3,(H2,16,20)(H,17,19)/t13-/m0/s1. The Bertz CT molecular complexity index is 519. The van der Waals surface area contributed by atoms with Crippen LogP contribution in [0.3, 0.4) is 0 Å². The van der Waals surface area contributed by atoms with E-state index < -0.39 is 11.9 Å². The third-order valence-electron chi connectivity index (χ3n) is 3.16. The Morgan fingerprint density at radius 3 is 2.70 bits per heavy atom. The number of nitrogens with two attached hydrogens (primary N) is 1. The van der Waals surface area contributed by atoms with Crippen molar-refractivity contribution in [3.05, 3.63) is 22.4 Å². The zero-order chi connectivity index (χ0) is 17.2. The second kappa shape index (κ2) is 9.96. The number of primary amides is 1. The highest BCUT2D eigenvalue weighted by atomic mass is 32.1. The molecule has 128 valence electrons. The molecule has 0 aliphatic rings. The zero-order valence-corrected chi connectivity index (χ0v) is 14.2. The van der Waals surface area contributed by atoms with Gasteiger partial charge in [-0.05, 0) is 17.9 Å². The maximum atomic E-state index is 12.7. The molecule has 0 saturated heterocycles. The molecule has 1 heterocycles. The average Bonchev–Trinajstić information content (AvgIpc) is 2.99. The van der Waals surface area contributed by atoms with Crippen LogP contribution in [0.15, 0.2) is 17.5 Å². The summed E-state index contributed by atoms with van der Waals surface area (Å²) in [6, 6.07) is 3.09. The number of hydrogen-bond acceptors (Lipinski definition) is 5. The quantitative estimate of drug-likeness (QED) is 0.647. The molecule has 8 heteroatoms. The maximum absolute atomic E-state index is 12.7. The Kier molecular flexibility index (Phi) is 8.28. The van der Waals surface area contributed by atoms with E-state index in [2.05, 4.69) is 5.32 Å². The van der Waals surface area contributed by atoms with E-state index >= 15 is 0 Å². The number of carbonyl (C=O) groups is 3. The van der Waals surface area contributed by atoms with Crippen LogP contribution < -0.4 is 11.1 Å². The summed E-state index contributed by atoms with van der Waals surface area (Å²) in [4.78, 5) is 37.7. The van der Waals surface area contributed by atoms with Crippen molar-refractivity contribution in [3.63, 3.8) is 0 Å². The van der Waals surface area contributed by atoms with E-state index in [-0.39, 0.29) is 24.7 Å². The van der Waals surface area contributed by atoms with Crippen LogP contribution in [-0.2, 0) is 25.7 Å². The van der Waals surface area contributed by atoms with Gasteiger partial charge in [0.15, 0.2) is 0 Å². The van der Waals surface area contributed by atoms with Crippen molar-refractivity contribution < 1.29 is 19.1 Å². The molecule has 0 aromatic carbocycles. The highest BCUT2D eigenvalue weighted by Crippen LogP contribution is 2.14. The molecule has 0 fully saturated rings. The van der Waals surface area contributed by atoms with Crippen LogP contribution in [0.2, 0.25) is 0 Å². The summed E-state index contributed by atoms with van der Waals surface area (Å²) >= 11 is 1.55. The molecule has 3 amide bonds. The van der Waals surface area contributed by atoms with E-state index in [0.717, 1.165) is 4.88 Å². The zero-order valence-electron chi connectivity index (χ0n) is 13.4. The number of amides is 3. The lowest BCUT2D eigenvalue weighted by atomic mass is 10.1. The number of nitrogens with one attached hydrogen (secondary N) is 1. The summed E-state index contributed by atoms with van der Waals surface area (Å²) in [6.07, 6.45) is 0.218. The number of hydrogen-bond donors (Lipinski definition) is 2. The summed E-state index contributed by atoms with van der Waals surface area (Å²) in [6.45, 7) is 2.56. The van der Waals surface area contributed by atoms with E-state index in [4.69, 9.17) is 10.5 Å². The number of nitrogens with zero attached hydrogens (tertiary/aromatic N) is 1. The Hall–Kier alpha value is -1.93. The van der Waals surface area contributed by atoms with Crippen LogP contribution >= 0.6 is 11.3 Å². The number of ether oxygens (including phenoxy) is 1. The van der Waals surface area contributed by atoms with E-state index in [1.807, 2.05) is 17.5 Å². The minimum Gasteiger partial charge on any atom is -0.383 e.